The highest BCUT2D eigenvalue weighted by Crippen LogP contribution is 2.23. The Morgan fingerprint density at radius 1 is 1.33 bits per heavy atom. The Kier molecular flexibility index (Phi) is 2.78. The number of aromatic nitrogens is 1. The average molecular weight is 222 g/mol. The van der Waals surface area contributed by atoms with Crippen LogP contribution in [0.15, 0.2) is 28.7 Å². The molecule has 3 heteroatoms. The van der Waals surface area contributed by atoms with Crippen molar-refractivity contribution in [3.05, 3.63) is 41.3 Å². The summed E-state index contributed by atoms with van der Waals surface area (Å²) in [5.74, 6) is 1.75. The minimum absolute atomic E-state index is 0.366. The van der Waals surface area contributed by atoms with Gasteiger partial charge in [0.2, 0.25) is 5.89 Å². The fraction of sp³-hybridized carbons (Fsp3) is 0.250. The van der Waals surface area contributed by atoms with Gasteiger partial charge in [-0.3, -0.25) is 0 Å². The van der Waals surface area contributed by atoms with Gasteiger partial charge in [-0.25, -0.2) is 4.98 Å². The van der Waals surface area contributed by atoms with E-state index in [9.17, 15) is 0 Å². The highest BCUT2D eigenvalue weighted by atomic mass is 35.5. The second-order valence-electron chi connectivity index (χ2n) is 3.53. The number of benzene rings is 1. The van der Waals surface area contributed by atoms with E-state index in [4.69, 9.17) is 16.0 Å². The zero-order chi connectivity index (χ0) is 10.8. The molecule has 0 bridgehead atoms. The maximum Gasteiger partial charge on any atom is 0.226 e. The van der Waals surface area contributed by atoms with Crippen molar-refractivity contribution < 1.29 is 4.42 Å². The summed E-state index contributed by atoms with van der Waals surface area (Å²) in [5, 5.41) is 0. The number of aryl methyl sites for hydroxylation is 2. The van der Waals surface area contributed by atoms with Crippen LogP contribution >= 0.6 is 11.6 Å². The fourth-order valence-electron chi connectivity index (χ4n) is 1.45. The van der Waals surface area contributed by atoms with Crippen LogP contribution in [0.2, 0.25) is 0 Å². The van der Waals surface area contributed by atoms with Gasteiger partial charge in [0.25, 0.3) is 0 Å². The maximum atomic E-state index is 5.73. The first kappa shape index (κ1) is 10.2. The lowest BCUT2D eigenvalue weighted by Gasteiger charge is -1.96. The SMILES string of the molecule is Cc1cccc(-c2nc(C)c(CCl)o2)c1. The van der Waals surface area contributed by atoms with Crippen LogP contribution in [0.1, 0.15) is 17.0 Å². The number of hydrogen-bond acceptors (Lipinski definition) is 2. The highest BCUT2D eigenvalue weighted by Gasteiger charge is 2.09. The molecular formula is C12H12ClNO. The van der Waals surface area contributed by atoms with E-state index < -0.39 is 0 Å². The topological polar surface area (TPSA) is 26.0 Å². The number of halogens is 1. The van der Waals surface area contributed by atoms with Gasteiger partial charge >= 0.3 is 0 Å². The molecule has 1 aromatic heterocycles. The Hall–Kier alpha value is -1.28. The van der Waals surface area contributed by atoms with E-state index in [0.717, 1.165) is 17.0 Å². The molecule has 15 heavy (non-hydrogen) atoms. The normalized spacial score (nSPS) is 10.6. The summed E-state index contributed by atoms with van der Waals surface area (Å²) in [6, 6.07) is 8.06. The molecule has 0 spiro atoms. The molecule has 0 atom stereocenters. The molecule has 0 N–H and O–H groups in total. The van der Waals surface area contributed by atoms with E-state index in [1.807, 2.05) is 38.1 Å². The smallest absolute Gasteiger partial charge is 0.226 e. The maximum absolute atomic E-state index is 5.73. The molecule has 2 rings (SSSR count). The second-order valence-corrected chi connectivity index (χ2v) is 3.80. The average Bonchev–Trinajstić information content (AvgIpc) is 2.60. The van der Waals surface area contributed by atoms with Crippen molar-refractivity contribution in [1.82, 2.24) is 4.98 Å². The molecule has 0 amide bonds. The van der Waals surface area contributed by atoms with E-state index in [1.54, 1.807) is 0 Å². The van der Waals surface area contributed by atoms with Crippen LogP contribution in [0, 0.1) is 13.8 Å². The molecule has 0 aliphatic heterocycles. The van der Waals surface area contributed by atoms with Gasteiger partial charge in [-0.1, -0.05) is 17.7 Å². The first-order chi connectivity index (χ1) is 7.20. The molecule has 0 radical (unpaired) electrons. The van der Waals surface area contributed by atoms with Crippen molar-refractivity contribution in [2.75, 3.05) is 0 Å². The van der Waals surface area contributed by atoms with Gasteiger partial charge in [0, 0.05) is 5.56 Å². The minimum atomic E-state index is 0.366. The van der Waals surface area contributed by atoms with E-state index in [2.05, 4.69) is 4.98 Å². The van der Waals surface area contributed by atoms with Gasteiger partial charge in [0.05, 0.1) is 11.6 Å². The third-order valence-corrected chi connectivity index (χ3v) is 2.52. The van der Waals surface area contributed by atoms with Gasteiger partial charge in [-0.15, -0.1) is 11.6 Å². The van der Waals surface area contributed by atoms with Gasteiger partial charge in [0.1, 0.15) is 5.76 Å². The summed E-state index contributed by atoms with van der Waals surface area (Å²) in [6.07, 6.45) is 0. The van der Waals surface area contributed by atoms with Gasteiger partial charge < -0.3 is 4.42 Å². The molecule has 2 aromatic rings. The first-order valence-electron chi connectivity index (χ1n) is 4.80. The summed E-state index contributed by atoms with van der Waals surface area (Å²) in [7, 11) is 0. The number of alkyl halides is 1. The lowest BCUT2D eigenvalue weighted by Crippen LogP contribution is -1.79. The summed E-state index contributed by atoms with van der Waals surface area (Å²) >= 11 is 5.73. The van der Waals surface area contributed by atoms with Gasteiger partial charge in [0.15, 0.2) is 0 Å². The third-order valence-electron chi connectivity index (χ3n) is 2.28. The van der Waals surface area contributed by atoms with E-state index in [1.165, 1.54) is 5.56 Å². The number of oxazole rings is 1. The quantitative estimate of drug-likeness (QED) is 0.723. The molecule has 0 unspecified atom stereocenters. The monoisotopic (exact) mass is 221 g/mol. The van der Waals surface area contributed by atoms with Crippen LogP contribution in [0.4, 0.5) is 0 Å². The summed E-state index contributed by atoms with van der Waals surface area (Å²) in [5.41, 5.74) is 3.05. The standard InChI is InChI=1S/C12H12ClNO/c1-8-4-3-5-10(6-8)12-14-9(2)11(7-13)15-12/h3-6H,7H2,1-2H3. The molecule has 2 nitrogen and oxygen atoms in total. The summed E-state index contributed by atoms with van der Waals surface area (Å²) in [4.78, 5) is 4.34. The molecule has 1 heterocycles. The zero-order valence-electron chi connectivity index (χ0n) is 8.75. The minimum Gasteiger partial charge on any atom is -0.440 e. The van der Waals surface area contributed by atoms with Crippen molar-refractivity contribution in [2.45, 2.75) is 19.7 Å². The Morgan fingerprint density at radius 2 is 2.13 bits per heavy atom. The third kappa shape index (κ3) is 2.05. The van der Waals surface area contributed by atoms with Crippen LogP contribution in [-0.2, 0) is 5.88 Å². The van der Waals surface area contributed by atoms with Crippen LogP contribution in [0.25, 0.3) is 11.5 Å². The molecule has 0 saturated carbocycles. The first-order valence-corrected chi connectivity index (χ1v) is 5.33. The summed E-state index contributed by atoms with van der Waals surface area (Å²) in [6.45, 7) is 3.95. The fourth-order valence-corrected chi connectivity index (χ4v) is 1.70. The molecular weight excluding hydrogens is 210 g/mol. The van der Waals surface area contributed by atoms with Crippen molar-refractivity contribution in [1.29, 1.82) is 0 Å². The van der Waals surface area contributed by atoms with Crippen molar-refractivity contribution in [3.8, 4) is 11.5 Å². The molecule has 0 fully saturated rings. The number of rotatable bonds is 2. The van der Waals surface area contributed by atoms with E-state index in [-0.39, 0.29) is 0 Å². The lowest BCUT2D eigenvalue weighted by atomic mass is 10.1. The molecule has 78 valence electrons. The van der Waals surface area contributed by atoms with Gasteiger partial charge in [-0.05, 0) is 26.0 Å². The predicted octanol–water partition coefficient (Wildman–Crippen LogP) is 3.70. The van der Waals surface area contributed by atoms with Crippen LogP contribution in [-0.4, -0.2) is 4.98 Å². The molecule has 1 aromatic carbocycles. The molecule has 0 saturated heterocycles. The van der Waals surface area contributed by atoms with Crippen molar-refractivity contribution in [3.63, 3.8) is 0 Å². The molecule has 0 aliphatic rings. The summed E-state index contributed by atoms with van der Waals surface area (Å²) < 4.78 is 5.56. The van der Waals surface area contributed by atoms with Crippen LogP contribution < -0.4 is 0 Å². The Labute approximate surface area is 93.9 Å². The van der Waals surface area contributed by atoms with E-state index >= 15 is 0 Å². The predicted molar refractivity (Wildman–Crippen MR) is 61.0 cm³/mol. The Bertz CT molecular complexity index is 476. The van der Waals surface area contributed by atoms with Gasteiger partial charge in [-0.2, -0.15) is 0 Å². The zero-order valence-corrected chi connectivity index (χ0v) is 9.51. The van der Waals surface area contributed by atoms with Crippen LogP contribution in [0.5, 0.6) is 0 Å². The Morgan fingerprint density at radius 3 is 2.73 bits per heavy atom. The number of nitrogens with zero attached hydrogens (tertiary/aromatic N) is 1. The Balaban J connectivity index is 2.45. The lowest BCUT2D eigenvalue weighted by molar-refractivity contribution is 0.536. The van der Waals surface area contributed by atoms with Crippen molar-refractivity contribution >= 4 is 11.6 Å². The largest absolute Gasteiger partial charge is 0.440 e. The highest BCUT2D eigenvalue weighted by molar-refractivity contribution is 6.16. The van der Waals surface area contributed by atoms with Crippen molar-refractivity contribution in [2.24, 2.45) is 0 Å². The number of hydrogen-bond donors (Lipinski definition) is 0. The van der Waals surface area contributed by atoms with E-state index in [0.29, 0.717) is 11.8 Å². The second kappa shape index (κ2) is 4.07. The van der Waals surface area contributed by atoms with Crippen LogP contribution in [0.3, 0.4) is 0 Å². The molecule has 0 aliphatic carbocycles.